The lowest BCUT2D eigenvalue weighted by Crippen LogP contribution is -2.34. The van der Waals surface area contributed by atoms with Crippen molar-refractivity contribution in [3.63, 3.8) is 0 Å². The van der Waals surface area contributed by atoms with Crippen LogP contribution in [0.15, 0.2) is 41.2 Å². The lowest BCUT2D eigenvalue weighted by atomic mass is 10.1. The SMILES string of the molecule is Cn1cc(N2C[C@@H](C(=O)NCCc3noc4ccccc34)CC2=O)cn1. The van der Waals surface area contributed by atoms with Gasteiger partial charge in [0.25, 0.3) is 0 Å². The van der Waals surface area contributed by atoms with Crippen molar-refractivity contribution in [3.05, 3.63) is 42.4 Å². The van der Waals surface area contributed by atoms with E-state index in [0.717, 1.165) is 22.4 Å². The largest absolute Gasteiger partial charge is 0.356 e. The van der Waals surface area contributed by atoms with Gasteiger partial charge in [-0.05, 0) is 12.1 Å². The van der Waals surface area contributed by atoms with Crippen LogP contribution in [0.4, 0.5) is 5.69 Å². The summed E-state index contributed by atoms with van der Waals surface area (Å²) in [5.74, 6) is -0.519. The minimum Gasteiger partial charge on any atom is -0.356 e. The smallest absolute Gasteiger partial charge is 0.227 e. The van der Waals surface area contributed by atoms with Crippen LogP contribution in [-0.4, -0.2) is 39.8 Å². The Morgan fingerprint density at radius 2 is 2.23 bits per heavy atom. The minimum atomic E-state index is -0.350. The maximum Gasteiger partial charge on any atom is 0.227 e. The number of carbonyl (C=O) groups is 2. The number of benzene rings is 1. The Morgan fingerprint density at radius 3 is 3.04 bits per heavy atom. The van der Waals surface area contributed by atoms with Gasteiger partial charge >= 0.3 is 0 Å². The third kappa shape index (κ3) is 3.05. The Morgan fingerprint density at radius 1 is 1.38 bits per heavy atom. The number of hydrogen-bond acceptors (Lipinski definition) is 5. The zero-order chi connectivity index (χ0) is 18.1. The van der Waals surface area contributed by atoms with Crippen LogP contribution < -0.4 is 10.2 Å². The molecule has 26 heavy (non-hydrogen) atoms. The topological polar surface area (TPSA) is 93.3 Å². The molecule has 8 nitrogen and oxygen atoms in total. The molecule has 1 aliphatic rings. The highest BCUT2D eigenvalue weighted by Gasteiger charge is 2.35. The molecule has 134 valence electrons. The first-order chi connectivity index (χ1) is 12.6. The van der Waals surface area contributed by atoms with Crippen molar-refractivity contribution in [3.8, 4) is 0 Å². The van der Waals surface area contributed by atoms with Gasteiger partial charge in [0.05, 0.1) is 23.5 Å². The Balaban J connectivity index is 1.33. The zero-order valence-electron chi connectivity index (χ0n) is 14.4. The number of nitrogens with one attached hydrogen (secondary N) is 1. The van der Waals surface area contributed by atoms with Crippen molar-refractivity contribution in [2.75, 3.05) is 18.0 Å². The second kappa shape index (κ2) is 6.62. The summed E-state index contributed by atoms with van der Waals surface area (Å²) in [5, 5.41) is 12.0. The van der Waals surface area contributed by atoms with Gasteiger partial charge in [0.1, 0.15) is 0 Å². The summed E-state index contributed by atoms with van der Waals surface area (Å²) in [6.45, 7) is 0.830. The van der Waals surface area contributed by atoms with Crippen LogP contribution in [0.25, 0.3) is 11.0 Å². The van der Waals surface area contributed by atoms with Crippen molar-refractivity contribution in [1.29, 1.82) is 0 Å². The zero-order valence-corrected chi connectivity index (χ0v) is 14.4. The highest BCUT2D eigenvalue weighted by molar-refractivity contribution is 6.00. The van der Waals surface area contributed by atoms with Gasteiger partial charge < -0.3 is 14.7 Å². The molecule has 1 atom stereocenters. The van der Waals surface area contributed by atoms with Gasteiger partial charge in [-0.3, -0.25) is 14.3 Å². The summed E-state index contributed by atoms with van der Waals surface area (Å²) < 4.78 is 6.90. The van der Waals surface area contributed by atoms with Gasteiger partial charge in [0.2, 0.25) is 11.8 Å². The fraction of sp³-hybridized carbons (Fsp3) is 0.333. The van der Waals surface area contributed by atoms with E-state index in [-0.39, 0.29) is 24.2 Å². The van der Waals surface area contributed by atoms with Crippen LogP contribution >= 0.6 is 0 Å². The van der Waals surface area contributed by atoms with Crippen LogP contribution in [-0.2, 0) is 23.1 Å². The van der Waals surface area contributed by atoms with Crippen molar-refractivity contribution in [1.82, 2.24) is 20.3 Å². The van der Waals surface area contributed by atoms with Gasteiger partial charge in [-0.2, -0.15) is 5.10 Å². The maximum absolute atomic E-state index is 12.4. The molecule has 1 saturated heterocycles. The molecule has 4 rings (SSSR count). The van der Waals surface area contributed by atoms with E-state index in [2.05, 4.69) is 15.6 Å². The molecule has 1 fully saturated rings. The van der Waals surface area contributed by atoms with Crippen LogP contribution in [0, 0.1) is 5.92 Å². The van der Waals surface area contributed by atoms with Gasteiger partial charge in [0.15, 0.2) is 5.58 Å². The molecule has 8 heteroatoms. The fourth-order valence-electron chi connectivity index (χ4n) is 3.25. The minimum absolute atomic E-state index is 0.0550. The summed E-state index contributed by atoms with van der Waals surface area (Å²) in [4.78, 5) is 26.2. The third-order valence-corrected chi connectivity index (χ3v) is 4.61. The number of anilines is 1. The molecule has 3 heterocycles. The molecule has 2 aromatic heterocycles. The lowest BCUT2D eigenvalue weighted by molar-refractivity contribution is -0.126. The average molecular weight is 353 g/mol. The first-order valence-corrected chi connectivity index (χ1v) is 8.52. The summed E-state index contributed by atoms with van der Waals surface area (Å²) in [5.41, 5.74) is 2.28. The maximum atomic E-state index is 12.4. The summed E-state index contributed by atoms with van der Waals surface area (Å²) in [6, 6.07) is 7.63. The van der Waals surface area contributed by atoms with Crippen molar-refractivity contribution >= 4 is 28.5 Å². The number of rotatable bonds is 5. The number of aryl methyl sites for hydroxylation is 1. The van der Waals surface area contributed by atoms with Crippen LogP contribution in [0.3, 0.4) is 0 Å². The standard InChI is InChI=1S/C18H19N5O3/c1-22-11-13(9-20-22)23-10-12(8-17(23)24)18(25)19-7-6-15-14-4-2-3-5-16(14)26-21-15/h2-5,9,11-12H,6-8,10H2,1H3,(H,19,25)/t12-/m0/s1. The highest BCUT2D eigenvalue weighted by Crippen LogP contribution is 2.24. The number of carbonyl (C=O) groups excluding carboxylic acids is 2. The molecule has 0 saturated carbocycles. The molecule has 0 bridgehead atoms. The molecular formula is C18H19N5O3. The van der Waals surface area contributed by atoms with Crippen LogP contribution in [0.1, 0.15) is 12.1 Å². The van der Waals surface area contributed by atoms with E-state index in [0.29, 0.717) is 19.5 Å². The molecule has 1 N–H and O–H groups in total. The summed E-state index contributed by atoms with van der Waals surface area (Å²) in [7, 11) is 1.79. The van der Waals surface area contributed by atoms with E-state index in [9.17, 15) is 9.59 Å². The monoisotopic (exact) mass is 353 g/mol. The van der Waals surface area contributed by atoms with E-state index in [1.54, 1.807) is 29.0 Å². The average Bonchev–Trinajstić information content (AvgIpc) is 3.34. The Kier molecular flexibility index (Phi) is 4.16. The second-order valence-electron chi connectivity index (χ2n) is 6.44. The number of aromatic nitrogens is 3. The highest BCUT2D eigenvalue weighted by atomic mass is 16.5. The molecule has 0 spiro atoms. The van der Waals surface area contributed by atoms with E-state index in [4.69, 9.17) is 4.52 Å². The van der Waals surface area contributed by atoms with Crippen molar-refractivity contribution < 1.29 is 14.1 Å². The quantitative estimate of drug-likeness (QED) is 0.746. The predicted molar refractivity (Wildman–Crippen MR) is 94.4 cm³/mol. The van der Waals surface area contributed by atoms with Crippen molar-refractivity contribution in [2.45, 2.75) is 12.8 Å². The number of nitrogens with zero attached hydrogens (tertiary/aromatic N) is 4. The van der Waals surface area contributed by atoms with E-state index < -0.39 is 0 Å². The van der Waals surface area contributed by atoms with E-state index >= 15 is 0 Å². The van der Waals surface area contributed by atoms with Gasteiger partial charge in [-0.1, -0.05) is 17.3 Å². The predicted octanol–water partition coefficient (Wildman–Crippen LogP) is 1.27. The van der Waals surface area contributed by atoms with E-state index in [1.165, 1.54) is 0 Å². The Bertz CT molecular complexity index is 961. The number of para-hydroxylation sites is 1. The van der Waals surface area contributed by atoms with Gasteiger partial charge in [-0.15, -0.1) is 0 Å². The molecule has 1 aromatic carbocycles. The van der Waals surface area contributed by atoms with Crippen molar-refractivity contribution in [2.24, 2.45) is 13.0 Å². The van der Waals surface area contributed by atoms with Crippen LogP contribution in [0.5, 0.6) is 0 Å². The molecule has 2 amide bonds. The lowest BCUT2D eigenvalue weighted by Gasteiger charge is -2.14. The molecule has 0 radical (unpaired) electrons. The first kappa shape index (κ1) is 16.3. The van der Waals surface area contributed by atoms with Gasteiger partial charge in [0, 0.05) is 44.6 Å². The molecular weight excluding hydrogens is 334 g/mol. The fourth-order valence-corrected chi connectivity index (χ4v) is 3.25. The first-order valence-electron chi connectivity index (χ1n) is 8.52. The normalized spacial score (nSPS) is 17.2. The molecule has 0 aliphatic carbocycles. The third-order valence-electron chi connectivity index (χ3n) is 4.61. The number of amides is 2. The molecule has 3 aromatic rings. The summed E-state index contributed by atoms with van der Waals surface area (Å²) >= 11 is 0. The molecule has 0 unspecified atom stereocenters. The number of fused-ring (bicyclic) bond motifs is 1. The second-order valence-corrected chi connectivity index (χ2v) is 6.44. The van der Waals surface area contributed by atoms with Gasteiger partial charge in [-0.25, -0.2) is 0 Å². The van der Waals surface area contributed by atoms with Crippen LogP contribution in [0.2, 0.25) is 0 Å². The molecule has 1 aliphatic heterocycles. The Hall–Kier alpha value is -3.16. The summed E-state index contributed by atoms with van der Waals surface area (Å²) in [6.07, 6.45) is 4.20. The Labute approximate surface area is 149 Å². The van der Waals surface area contributed by atoms with E-state index in [1.807, 2.05) is 24.3 Å². The number of hydrogen-bond donors (Lipinski definition) is 1.